The number of hydrogen-bond acceptors (Lipinski definition) is 4. The van der Waals surface area contributed by atoms with Gasteiger partial charge in [0.2, 0.25) is 5.76 Å². The number of fused-ring (bicyclic) bond motifs is 1. The van der Waals surface area contributed by atoms with Gasteiger partial charge in [0.1, 0.15) is 5.58 Å². The van der Waals surface area contributed by atoms with Gasteiger partial charge in [-0.25, -0.2) is 4.79 Å². The second-order valence-electron chi connectivity index (χ2n) is 4.45. The maximum absolute atomic E-state index is 10.8. The summed E-state index contributed by atoms with van der Waals surface area (Å²) in [4.78, 5) is 10.8. The number of ether oxygens (including phenoxy) is 2. The average Bonchev–Trinajstić information content (AvgIpc) is 2.86. The van der Waals surface area contributed by atoms with Crippen molar-refractivity contribution in [1.29, 1.82) is 0 Å². The van der Waals surface area contributed by atoms with E-state index in [9.17, 15) is 4.79 Å². The molecule has 2 rings (SSSR count). The minimum atomic E-state index is -1.06. The largest absolute Gasteiger partial charge is 0.475 e. The Labute approximate surface area is 117 Å². The number of rotatable bonds is 8. The first-order valence-corrected chi connectivity index (χ1v) is 6.62. The first kappa shape index (κ1) is 14.6. The standard InChI is InChI=1S/C15H18O5/c1-2-5-18-6-7-19-10-11-3-4-13-12(8-11)9-14(20-13)15(16)17/h3-4,8-9H,2,5-7,10H2,1H3,(H,16,17). The molecule has 0 aliphatic carbocycles. The van der Waals surface area contributed by atoms with E-state index in [2.05, 4.69) is 6.92 Å². The van der Waals surface area contributed by atoms with Gasteiger partial charge in [-0.3, -0.25) is 0 Å². The van der Waals surface area contributed by atoms with Crippen LogP contribution in [0.2, 0.25) is 0 Å². The summed E-state index contributed by atoms with van der Waals surface area (Å²) in [5.41, 5.74) is 1.54. The Morgan fingerprint density at radius 1 is 1.20 bits per heavy atom. The third-order valence-corrected chi connectivity index (χ3v) is 2.78. The highest BCUT2D eigenvalue weighted by Crippen LogP contribution is 2.21. The average molecular weight is 278 g/mol. The second-order valence-corrected chi connectivity index (χ2v) is 4.45. The van der Waals surface area contributed by atoms with Crippen LogP contribution in [0.4, 0.5) is 0 Å². The quantitative estimate of drug-likeness (QED) is 0.751. The Morgan fingerprint density at radius 3 is 2.75 bits per heavy atom. The van der Waals surface area contributed by atoms with Gasteiger partial charge >= 0.3 is 5.97 Å². The molecule has 1 N–H and O–H groups in total. The van der Waals surface area contributed by atoms with E-state index in [4.69, 9.17) is 19.0 Å². The van der Waals surface area contributed by atoms with Gasteiger partial charge in [-0.05, 0) is 30.2 Å². The molecule has 1 heterocycles. The van der Waals surface area contributed by atoms with Crippen molar-refractivity contribution in [3.05, 3.63) is 35.6 Å². The lowest BCUT2D eigenvalue weighted by Crippen LogP contribution is -2.04. The molecule has 20 heavy (non-hydrogen) atoms. The number of aromatic carboxylic acids is 1. The molecule has 0 amide bonds. The SMILES string of the molecule is CCCOCCOCc1ccc2oc(C(=O)O)cc2c1. The first-order chi connectivity index (χ1) is 9.70. The Bertz CT molecular complexity index is 573. The Morgan fingerprint density at radius 2 is 2.00 bits per heavy atom. The highest BCUT2D eigenvalue weighted by Gasteiger charge is 2.10. The molecule has 108 valence electrons. The third kappa shape index (κ3) is 3.82. The van der Waals surface area contributed by atoms with E-state index in [1.807, 2.05) is 12.1 Å². The maximum atomic E-state index is 10.8. The lowest BCUT2D eigenvalue weighted by atomic mass is 10.2. The number of hydrogen-bond donors (Lipinski definition) is 1. The number of benzene rings is 1. The summed E-state index contributed by atoms with van der Waals surface area (Å²) >= 11 is 0. The lowest BCUT2D eigenvalue weighted by molar-refractivity contribution is 0.0409. The smallest absolute Gasteiger partial charge is 0.371 e. The third-order valence-electron chi connectivity index (χ3n) is 2.78. The fourth-order valence-electron chi connectivity index (χ4n) is 1.84. The van der Waals surface area contributed by atoms with Crippen LogP contribution in [0.25, 0.3) is 11.0 Å². The van der Waals surface area contributed by atoms with Gasteiger partial charge in [-0.2, -0.15) is 0 Å². The van der Waals surface area contributed by atoms with E-state index in [1.165, 1.54) is 6.07 Å². The van der Waals surface area contributed by atoms with E-state index in [-0.39, 0.29) is 5.76 Å². The molecule has 0 unspecified atom stereocenters. The number of carbonyl (C=O) groups is 1. The van der Waals surface area contributed by atoms with Crippen LogP contribution in [-0.2, 0) is 16.1 Å². The van der Waals surface area contributed by atoms with Gasteiger partial charge in [0.25, 0.3) is 0 Å². The Hall–Kier alpha value is -1.85. The molecule has 0 saturated carbocycles. The summed E-state index contributed by atoms with van der Waals surface area (Å²) in [6.45, 7) is 4.42. The van der Waals surface area contributed by atoms with Gasteiger partial charge < -0.3 is 19.0 Å². The highest BCUT2D eigenvalue weighted by molar-refractivity contribution is 5.91. The van der Waals surface area contributed by atoms with E-state index in [1.54, 1.807) is 6.07 Å². The second kappa shape index (κ2) is 7.07. The van der Waals surface area contributed by atoms with Crippen LogP contribution in [0.5, 0.6) is 0 Å². The van der Waals surface area contributed by atoms with Crippen molar-refractivity contribution in [1.82, 2.24) is 0 Å². The molecule has 5 heteroatoms. The number of furan rings is 1. The maximum Gasteiger partial charge on any atom is 0.371 e. The van der Waals surface area contributed by atoms with Crippen molar-refractivity contribution in [2.45, 2.75) is 20.0 Å². The first-order valence-electron chi connectivity index (χ1n) is 6.62. The summed E-state index contributed by atoms with van der Waals surface area (Å²) in [5.74, 6) is -1.11. The molecular weight excluding hydrogens is 260 g/mol. The number of carboxylic acid groups (broad SMARTS) is 1. The Balaban J connectivity index is 1.89. The van der Waals surface area contributed by atoms with E-state index in [0.29, 0.717) is 25.4 Å². The van der Waals surface area contributed by atoms with Crippen molar-refractivity contribution in [3.8, 4) is 0 Å². The zero-order chi connectivity index (χ0) is 14.4. The lowest BCUT2D eigenvalue weighted by Gasteiger charge is -2.05. The monoisotopic (exact) mass is 278 g/mol. The molecule has 5 nitrogen and oxygen atoms in total. The van der Waals surface area contributed by atoms with Crippen LogP contribution >= 0.6 is 0 Å². The highest BCUT2D eigenvalue weighted by atomic mass is 16.5. The molecule has 0 atom stereocenters. The van der Waals surface area contributed by atoms with Crippen molar-refractivity contribution >= 4 is 16.9 Å². The van der Waals surface area contributed by atoms with Gasteiger partial charge in [-0.1, -0.05) is 13.0 Å². The molecule has 0 radical (unpaired) electrons. The van der Waals surface area contributed by atoms with Crippen molar-refractivity contribution < 1.29 is 23.8 Å². The number of carboxylic acids is 1. The summed E-state index contributed by atoms with van der Waals surface area (Å²) in [5, 5.41) is 9.64. The minimum Gasteiger partial charge on any atom is -0.475 e. The predicted molar refractivity (Wildman–Crippen MR) is 73.9 cm³/mol. The van der Waals surface area contributed by atoms with E-state index >= 15 is 0 Å². The zero-order valence-corrected chi connectivity index (χ0v) is 11.4. The molecule has 1 aromatic heterocycles. The summed E-state index contributed by atoms with van der Waals surface area (Å²) < 4.78 is 16.0. The van der Waals surface area contributed by atoms with Crippen molar-refractivity contribution in [3.63, 3.8) is 0 Å². The zero-order valence-electron chi connectivity index (χ0n) is 11.4. The van der Waals surface area contributed by atoms with Crippen LogP contribution in [-0.4, -0.2) is 30.9 Å². The van der Waals surface area contributed by atoms with E-state index in [0.717, 1.165) is 24.0 Å². The molecule has 0 aliphatic heterocycles. The van der Waals surface area contributed by atoms with Crippen molar-refractivity contribution in [2.24, 2.45) is 0 Å². The summed E-state index contributed by atoms with van der Waals surface area (Å²) in [7, 11) is 0. The van der Waals surface area contributed by atoms with Gasteiger partial charge in [0.05, 0.1) is 19.8 Å². The van der Waals surface area contributed by atoms with E-state index < -0.39 is 5.97 Å². The topological polar surface area (TPSA) is 68.9 Å². The molecule has 0 spiro atoms. The van der Waals surface area contributed by atoms with Crippen molar-refractivity contribution in [2.75, 3.05) is 19.8 Å². The normalized spacial score (nSPS) is 11.1. The van der Waals surface area contributed by atoms with Crippen LogP contribution in [0.1, 0.15) is 29.5 Å². The molecule has 1 aromatic carbocycles. The fourth-order valence-corrected chi connectivity index (χ4v) is 1.84. The molecule has 0 fully saturated rings. The molecular formula is C15H18O5. The molecule has 0 saturated heterocycles. The summed E-state index contributed by atoms with van der Waals surface area (Å²) in [6, 6.07) is 7.02. The summed E-state index contributed by atoms with van der Waals surface area (Å²) in [6.07, 6.45) is 1.00. The molecule has 0 bridgehead atoms. The van der Waals surface area contributed by atoms with Crippen LogP contribution in [0.3, 0.4) is 0 Å². The van der Waals surface area contributed by atoms with Gasteiger partial charge in [-0.15, -0.1) is 0 Å². The predicted octanol–water partition coefficient (Wildman–Crippen LogP) is 3.07. The Kier molecular flexibility index (Phi) is 5.15. The van der Waals surface area contributed by atoms with Crippen LogP contribution in [0.15, 0.2) is 28.7 Å². The minimum absolute atomic E-state index is 0.0500. The van der Waals surface area contributed by atoms with Crippen LogP contribution < -0.4 is 0 Å². The van der Waals surface area contributed by atoms with Crippen LogP contribution in [0, 0.1) is 0 Å². The van der Waals surface area contributed by atoms with Gasteiger partial charge in [0, 0.05) is 12.0 Å². The molecule has 0 aliphatic rings. The van der Waals surface area contributed by atoms with Gasteiger partial charge in [0.15, 0.2) is 0 Å². The molecule has 2 aromatic rings. The fraction of sp³-hybridized carbons (Fsp3) is 0.400.